The van der Waals surface area contributed by atoms with Crippen LogP contribution in [-0.4, -0.2) is 35.7 Å². The van der Waals surface area contributed by atoms with Gasteiger partial charge in [0.15, 0.2) is 0 Å². The number of hydrogen-bond acceptors (Lipinski definition) is 2. The minimum Gasteiger partial charge on any atom is -0.395 e. The van der Waals surface area contributed by atoms with Crippen LogP contribution in [0.15, 0.2) is 0 Å². The van der Waals surface area contributed by atoms with Gasteiger partial charge in [-0.3, -0.25) is 4.90 Å². The molecule has 2 nitrogen and oxygen atoms in total. The van der Waals surface area contributed by atoms with Crippen molar-refractivity contribution in [2.45, 2.75) is 66.8 Å². The molecule has 1 aliphatic heterocycles. The van der Waals surface area contributed by atoms with E-state index in [-0.39, 0.29) is 0 Å². The number of likely N-dealkylation sites (N-methyl/N-ethyl adjacent to an activating group) is 1. The summed E-state index contributed by atoms with van der Waals surface area (Å²) in [5.41, 5.74) is 0. The van der Waals surface area contributed by atoms with Crippen LogP contribution in [0.3, 0.4) is 0 Å². The Kier molecular flexibility index (Phi) is 14.8. The first-order chi connectivity index (χ1) is 7.81. The molecule has 1 rings (SSSR count). The molecule has 1 heterocycles. The SMILES string of the molecule is CC.CC.CCC1CCC(CO)N(CC)C1. The molecule has 16 heavy (non-hydrogen) atoms. The number of piperidine rings is 1. The van der Waals surface area contributed by atoms with Gasteiger partial charge in [-0.15, -0.1) is 0 Å². The van der Waals surface area contributed by atoms with Crippen molar-refractivity contribution in [2.75, 3.05) is 19.7 Å². The molecule has 2 unspecified atom stereocenters. The van der Waals surface area contributed by atoms with E-state index >= 15 is 0 Å². The van der Waals surface area contributed by atoms with E-state index in [1.807, 2.05) is 27.7 Å². The van der Waals surface area contributed by atoms with Gasteiger partial charge in [0, 0.05) is 12.6 Å². The molecule has 0 aromatic carbocycles. The van der Waals surface area contributed by atoms with Gasteiger partial charge in [-0.25, -0.2) is 0 Å². The van der Waals surface area contributed by atoms with Crippen LogP contribution < -0.4 is 0 Å². The molecule has 0 radical (unpaired) electrons. The third-order valence-electron chi connectivity index (χ3n) is 3.11. The second-order valence-electron chi connectivity index (χ2n) is 3.78. The Morgan fingerprint density at radius 2 is 1.62 bits per heavy atom. The highest BCUT2D eigenvalue weighted by molar-refractivity contribution is 4.79. The summed E-state index contributed by atoms with van der Waals surface area (Å²) in [5, 5.41) is 9.11. The Labute approximate surface area is 103 Å². The number of rotatable bonds is 3. The summed E-state index contributed by atoms with van der Waals surface area (Å²) < 4.78 is 0. The second kappa shape index (κ2) is 13.0. The predicted molar refractivity (Wildman–Crippen MR) is 73.8 cm³/mol. The Balaban J connectivity index is 0. The maximum Gasteiger partial charge on any atom is 0.0586 e. The maximum absolute atomic E-state index is 9.11. The molecular weight excluding hydrogens is 198 g/mol. The quantitative estimate of drug-likeness (QED) is 0.803. The fraction of sp³-hybridized carbons (Fsp3) is 1.00. The summed E-state index contributed by atoms with van der Waals surface area (Å²) in [6.07, 6.45) is 3.77. The standard InChI is InChI=1S/C10H21NO.2C2H6/c1-3-9-5-6-10(8-12)11(4-2)7-9;2*1-2/h9-10,12H,3-8H2,1-2H3;2*1-2H3. The molecule has 100 valence electrons. The summed E-state index contributed by atoms with van der Waals surface area (Å²) in [4.78, 5) is 2.41. The first kappa shape index (κ1) is 18.3. The van der Waals surface area contributed by atoms with E-state index < -0.39 is 0 Å². The summed E-state index contributed by atoms with van der Waals surface area (Å²) >= 11 is 0. The topological polar surface area (TPSA) is 23.5 Å². The Morgan fingerprint density at radius 1 is 1.06 bits per heavy atom. The average Bonchev–Trinajstić information content (AvgIpc) is 2.42. The smallest absolute Gasteiger partial charge is 0.0586 e. The van der Waals surface area contributed by atoms with E-state index in [1.54, 1.807) is 0 Å². The molecule has 2 atom stereocenters. The van der Waals surface area contributed by atoms with Crippen LogP contribution in [0.4, 0.5) is 0 Å². The Morgan fingerprint density at radius 3 is 2.00 bits per heavy atom. The van der Waals surface area contributed by atoms with Gasteiger partial charge in [0.05, 0.1) is 6.61 Å². The monoisotopic (exact) mass is 231 g/mol. The van der Waals surface area contributed by atoms with Crippen LogP contribution in [0, 0.1) is 5.92 Å². The normalized spacial score (nSPS) is 24.9. The van der Waals surface area contributed by atoms with E-state index in [0.29, 0.717) is 12.6 Å². The van der Waals surface area contributed by atoms with Gasteiger partial charge in [0.25, 0.3) is 0 Å². The molecule has 1 N–H and O–H groups in total. The maximum atomic E-state index is 9.11. The third kappa shape index (κ3) is 6.49. The van der Waals surface area contributed by atoms with Gasteiger partial charge in [0.1, 0.15) is 0 Å². The fourth-order valence-electron chi connectivity index (χ4n) is 2.11. The summed E-state index contributed by atoms with van der Waals surface area (Å²) in [5.74, 6) is 0.868. The highest BCUT2D eigenvalue weighted by Gasteiger charge is 2.25. The second-order valence-corrected chi connectivity index (χ2v) is 3.78. The van der Waals surface area contributed by atoms with Gasteiger partial charge in [-0.2, -0.15) is 0 Å². The molecule has 0 amide bonds. The lowest BCUT2D eigenvalue weighted by Gasteiger charge is -2.37. The highest BCUT2D eigenvalue weighted by atomic mass is 16.3. The first-order valence-corrected chi connectivity index (χ1v) is 7.16. The zero-order chi connectivity index (χ0) is 13.0. The van der Waals surface area contributed by atoms with Crippen LogP contribution >= 0.6 is 0 Å². The van der Waals surface area contributed by atoms with Crippen molar-refractivity contribution in [2.24, 2.45) is 5.92 Å². The minimum atomic E-state index is 0.338. The summed E-state index contributed by atoms with van der Waals surface area (Å²) in [6, 6.07) is 0.442. The van der Waals surface area contributed by atoms with Crippen molar-refractivity contribution in [3.05, 3.63) is 0 Å². The van der Waals surface area contributed by atoms with E-state index in [4.69, 9.17) is 5.11 Å². The van der Waals surface area contributed by atoms with Gasteiger partial charge in [-0.05, 0) is 25.3 Å². The Bertz CT molecular complexity index is 128. The molecule has 1 aliphatic rings. The van der Waals surface area contributed by atoms with Gasteiger partial charge < -0.3 is 5.11 Å². The van der Waals surface area contributed by atoms with Crippen molar-refractivity contribution < 1.29 is 5.11 Å². The number of nitrogens with zero attached hydrogens (tertiary/aromatic N) is 1. The molecule has 0 bridgehead atoms. The zero-order valence-corrected chi connectivity index (χ0v) is 12.3. The van der Waals surface area contributed by atoms with Gasteiger partial charge in [0.2, 0.25) is 0 Å². The van der Waals surface area contributed by atoms with E-state index in [1.165, 1.54) is 25.8 Å². The van der Waals surface area contributed by atoms with Gasteiger partial charge in [-0.1, -0.05) is 48.0 Å². The Hall–Kier alpha value is -0.0800. The fourth-order valence-corrected chi connectivity index (χ4v) is 2.11. The van der Waals surface area contributed by atoms with Crippen LogP contribution in [0.5, 0.6) is 0 Å². The number of likely N-dealkylation sites (tertiary alicyclic amines) is 1. The van der Waals surface area contributed by atoms with Crippen molar-refractivity contribution in [3.63, 3.8) is 0 Å². The average molecular weight is 231 g/mol. The summed E-state index contributed by atoms with van der Waals surface area (Å²) in [7, 11) is 0. The molecule has 1 fully saturated rings. The number of hydrogen-bond donors (Lipinski definition) is 1. The predicted octanol–water partition coefficient (Wildman–Crippen LogP) is 3.54. The van der Waals surface area contributed by atoms with Crippen molar-refractivity contribution in [1.29, 1.82) is 0 Å². The molecule has 0 spiro atoms. The van der Waals surface area contributed by atoms with Crippen molar-refractivity contribution >= 4 is 0 Å². The van der Waals surface area contributed by atoms with Gasteiger partial charge >= 0.3 is 0 Å². The third-order valence-corrected chi connectivity index (χ3v) is 3.11. The minimum absolute atomic E-state index is 0.338. The molecule has 2 heteroatoms. The molecule has 0 saturated carbocycles. The van der Waals surface area contributed by atoms with Crippen LogP contribution in [-0.2, 0) is 0 Å². The zero-order valence-electron chi connectivity index (χ0n) is 12.3. The summed E-state index contributed by atoms with van der Waals surface area (Å²) in [6.45, 7) is 15.1. The lowest BCUT2D eigenvalue weighted by molar-refractivity contribution is 0.0668. The molecular formula is C14H33NO. The van der Waals surface area contributed by atoms with E-state index in [0.717, 1.165) is 12.5 Å². The van der Waals surface area contributed by atoms with Crippen molar-refractivity contribution in [1.82, 2.24) is 4.90 Å². The molecule has 0 aromatic rings. The number of aliphatic hydroxyl groups is 1. The lowest BCUT2D eigenvalue weighted by Crippen LogP contribution is -2.44. The highest BCUT2D eigenvalue weighted by Crippen LogP contribution is 2.23. The molecule has 1 saturated heterocycles. The van der Waals surface area contributed by atoms with Crippen LogP contribution in [0.2, 0.25) is 0 Å². The largest absolute Gasteiger partial charge is 0.395 e. The molecule has 0 aliphatic carbocycles. The van der Waals surface area contributed by atoms with Crippen LogP contribution in [0.25, 0.3) is 0 Å². The number of aliphatic hydroxyl groups excluding tert-OH is 1. The first-order valence-electron chi connectivity index (χ1n) is 7.16. The van der Waals surface area contributed by atoms with E-state index in [9.17, 15) is 0 Å². The molecule has 0 aromatic heterocycles. The lowest BCUT2D eigenvalue weighted by atomic mass is 9.91. The van der Waals surface area contributed by atoms with E-state index in [2.05, 4.69) is 18.7 Å². The van der Waals surface area contributed by atoms with Crippen LogP contribution in [0.1, 0.15) is 60.8 Å². The van der Waals surface area contributed by atoms with Crippen molar-refractivity contribution in [3.8, 4) is 0 Å².